The minimum absolute atomic E-state index is 0.0193. The van der Waals surface area contributed by atoms with E-state index in [2.05, 4.69) is 32.9 Å². The molecule has 0 saturated heterocycles. The second kappa shape index (κ2) is 12.4. The first-order chi connectivity index (χ1) is 9.52. The average Bonchev–Trinajstić information content (AvgIpc) is 2.38. The molecule has 0 bridgehead atoms. The number of aliphatic hydroxyl groups is 2. The summed E-state index contributed by atoms with van der Waals surface area (Å²) in [5, 5.41) is 20.1. The highest BCUT2D eigenvalue weighted by Crippen LogP contribution is 2.23. The fourth-order valence-electron chi connectivity index (χ4n) is 2.67. The first kappa shape index (κ1) is 19.7. The molecule has 2 nitrogen and oxygen atoms in total. The molecule has 0 aromatic rings. The van der Waals surface area contributed by atoms with Gasteiger partial charge in [0, 0.05) is 5.92 Å². The van der Waals surface area contributed by atoms with E-state index in [0.29, 0.717) is 5.92 Å². The van der Waals surface area contributed by atoms with E-state index in [0.717, 1.165) is 32.1 Å². The lowest BCUT2D eigenvalue weighted by Gasteiger charge is -2.26. The molecule has 0 fully saturated rings. The summed E-state index contributed by atoms with van der Waals surface area (Å²) in [6, 6.07) is 0. The van der Waals surface area contributed by atoms with Gasteiger partial charge in [0.2, 0.25) is 0 Å². The van der Waals surface area contributed by atoms with Crippen LogP contribution >= 0.6 is 0 Å². The lowest BCUT2D eigenvalue weighted by molar-refractivity contribution is 0.00743. The van der Waals surface area contributed by atoms with Gasteiger partial charge in [-0.1, -0.05) is 58.6 Å². The van der Waals surface area contributed by atoms with E-state index >= 15 is 0 Å². The molecule has 4 unspecified atom stereocenters. The summed E-state index contributed by atoms with van der Waals surface area (Å²) in [5.41, 5.74) is 0. The predicted molar refractivity (Wildman–Crippen MR) is 87.8 cm³/mol. The molecule has 120 valence electrons. The minimum atomic E-state index is -0.419. The molecule has 0 aromatic heterocycles. The van der Waals surface area contributed by atoms with E-state index in [1.54, 1.807) is 6.92 Å². The third-order valence-corrected chi connectivity index (χ3v) is 4.06. The molecule has 0 amide bonds. The van der Waals surface area contributed by atoms with Crippen molar-refractivity contribution in [2.24, 2.45) is 11.8 Å². The number of allylic oxidation sites excluding steroid dienone is 2. The fourth-order valence-corrected chi connectivity index (χ4v) is 2.67. The molecule has 0 aliphatic heterocycles. The van der Waals surface area contributed by atoms with Crippen molar-refractivity contribution in [2.45, 2.75) is 91.3 Å². The van der Waals surface area contributed by atoms with Crippen LogP contribution in [0, 0.1) is 11.8 Å². The van der Waals surface area contributed by atoms with Crippen LogP contribution in [0.4, 0.5) is 0 Å². The number of hydrogen-bond donors (Lipinski definition) is 2. The zero-order valence-corrected chi connectivity index (χ0v) is 14.0. The maximum atomic E-state index is 10.3. The van der Waals surface area contributed by atoms with E-state index in [1.807, 2.05) is 0 Å². The summed E-state index contributed by atoms with van der Waals surface area (Å²) in [4.78, 5) is 0. The third kappa shape index (κ3) is 9.55. The zero-order valence-electron chi connectivity index (χ0n) is 14.0. The van der Waals surface area contributed by atoms with Crippen molar-refractivity contribution >= 4 is 0 Å². The van der Waals surface area contributed by atoms with Crippen LogP contribution in [0.5, 0.6) is 0 Å². The molecule has 0 saturated carbocycles. The summed E-state index contributed by atoms with van der Waals surface area (Å²) in [7, 11) is 0. The quantitative estimate of drug-likeness (QED) is 0.403. The molecule has 4 atom stereocenters. The average molecular weight is 284 g/mol. The maximum Gasteiger partial charge on any atom is 0.0598 e. The van der Waals surface area contributed by atoms with Crippen LogP contribution in [0.3, 0.4) is 0 Å². The summed E-state index contributed by atoms with van der Waals surface area (Å²) in [6.45, 7) is 8.32. The second-order valence-electron chi connectivity index (χ2n) is 6.25. The van der Waals surface area contributed by atoms with Crippen molar-refractivity contribution in [1.82, 2.24) is 0 Å². The lowest BCUT2D eigenvalue weighted by Crippen LogP contribution is -2.31. The molecule has 0 aliphatic carbocycles. The van der Waals surface area contributed by atoms with Crippen LogP contribution in [-0.4, -0.2) is 22.4 Å². The number of hydrogen-bond acceptors (Lipinski definition) is 2. The highest BCUT2D eigenvalue weighted by molar-refractivity contribution is 4.88. The zero-order chi connectivity index (χ0) is 15.4. The molecule has 0 heterocycles. The smallest absolute Gasteiger partial charge is 0.0598 e. The SMILES string of the molecule is CCCCCC=CC(C)CC(O)C(CCCC)C(C)O. The van der Waals surface area contributed by atoms with Gasteiger partial charge in [-0.3, -0.25) is 0 Å². The maximum absolute atomic E-state index is 10.3. The molecule has 20 heavy (non-hydrogen) atoms. The van der Waals surface area contributed by atoms with E-state index in [1.165, 1.54) is 19.3 Å². The lowest BCUT2D eigenvalue weighted by atomic mass is 9.86. The van der Waals surface area contributed by atoms with Gasteiger partial charge in [-0.05, 0) is 38.5 Å². The van der Waals surface area contributed by atoms with Gasteiger partial charge >= 0.3 is 0 Å². The fraction of sp³-hybridized carbons (Fsp3) is 0.889. The van der Waals surface area contributed by atoms with Crippen LogP contribution < -0.4 is 0 Å². The van der Waals surface area contributed by atoms with E-state index in [-0.39, 0.29) is 5.92 Å². The van der Waals surface area contributed by atoms with Crippen molar-refractivity contribution in [1.29, 1.82) is 0 Å². The largest absolute Gasteiger partial charge is 0.393 e. The van der Waals surface area contributed by atoms with Crippen molar-refractivity contribution in [3.8, 4) is 0 Å². The van der Waals surface area contributed by atoms with Crippen LogP contribution in [0.2, 0.25) is 0 Å². The molecule has 0 radical (unpaired) electrons. The summed E-state index contributed by atoms with van der Waals surface area (Å²) in [5.74, 6) is 0.403. The minimum Gasteiger partial charge on any atom is -0.393 e. The Labute approximate surface area is 126 Å². The molecule has 0 spiro atoms. The molecule has 0 aromatic carbocycles. The molecule has 2 N–H and O–H groups in total. The van der Waals surface area contributed by atoms with Crippen molar-refractivity contribution < 1.29 is 10.2 Å². The number of aliphatic hydroxyl groups excluding tert-OH is 2. The molecule has 2 heteroatoms. The Morgan fingerprint density at radius 2 is 1.60 bits per heavy atom. The monoisotopic (exact) mass is 284 g/mol. The molecular formula is C18H36O2. The normalized spacial score (nSPS) is 18.1. The van der Waals surface area contributed by atoms with Gasteiger partial charge < -0.3 is 10.2 Å². The van der Waals surface area contributed by atoms with Gasteiger partial charge in [-0.25, -0.2) is 0 Å². The topological polar surface area (TPSA) is 40.5 Å². The van der Waals surface area contributed by atoms with Gasteiger partial charge in [-0.15, -0.1) is 0 Å². The van der Waals surface area contributed by atoms with Crippen molar-refractivity contribution in [3.05, 3.63) is 12.2 Å². The summed E-state index contributed by atoms with van der Waals surface area (Å²) >= 11 is 0. The Balaban J connectivity index is 4.09. The molecular weight excluding hydrogens is 248 g/mol. The van der Waals surface area contributed by atoms with Crippen LogP contribution in [0.25, 0.3) is 0 Å². The van der Waals surface area contributed by atoms with E-state index in [9.17, 15) is 10.2 Å². The first-order valence-electron chi connectivity index (χ1n) is 8.55. The number of unbranched alkanes of at least 4 members (excludes halogenated alkanes) is 4. The highest BCUT2D eigenvalue weighted by Gasteiger charge is 2.24. The molecule has 0 rings (SSSR count). The van der Waals surface area contributed by atoms with Crippen LogP contribution in [-0.2, 0) is 0 Å². The summed E-state index contributed by atoms with van der Waals surface area (Å²) in [6.07, 6.45) is 12.5. The standard InChI is InChI=1S/C18H36O2/c1-5-7-9-10-11-12-15(3)14-18(20)17(16(4)19)13-8-6-2/h11-12,15-20H,5-10,13-14H2,1-4H3. The van der Waals surface area contributed by atoms with Crippen LogP contribution in [0.1, 0.15) is 79.1 Å². The van der Waals surface area contributed by atoms with Crippen molar-refractivity contribution in [2.75, 3.05) is 0 Å². The van der Waals surface area contributed by atoms with Gasteiger partial charge in [0.05, 0.1) is 12.2 Å². The Morgan fingerprint density at radius 1 is 0.950 bits per heavy atom. The Hall–Kier alpha value is -0.340. The first-order valence-corrected chi connectivity index (χ1v) is 8.55. The summed E-state index contributed by atoms with van der Waals surface area (Å²) < 4.78 is 0. The third-order valence-electron chi connectivity index (χ3n) is 4.06. The van der Waals surface area contributed by atoms with Crippen molar-refractivity contribution in [3.63, 3.8) is 0 Å². The highest BCUT2D eigenvalue weighted by atomic mass is 16.3. The van der Waals surface area contributed by atoms with Gasteiger partial charge in [-0.2, -0.15) is 0 Å². The Morgan fingerprint density at radius 3 is 2.15 bits per heavy atom. The molecule has 0 aliphatic rings. The Bertz CT molecular complexity index is 236. The number of rotatable bonds is 12. The Kier molecular flexibility index (Phi) is 12.2. The van der Waals surface area contributed by atoms with Gasteiger partial charge in [0.15, 0.2) is 0 Å². The van der Waals surface area contributed by atoms with E-state index < -0.39 is 12.2 Å². The van der Waals surface area contributed by atoms with Crippen LogP contribution in [0.15, 0.2) is 12.2 Å². The van der Waals surface area contributed by atoms with E-state index in [4.69, 9.17) is 0 Å². The van der Waals surface area contributed by atoms with Gasteiger partial charge in [0.25, 0.3) is 0 Å². The predicted octanol–water partition coefficient (Wildman–Crippen LogP) is 4.70. The van der Waals surface area contributed by atoms with Gasteiger partial charge in [0.1, 0.15) is 0 Å². The second-order valence-corrected chi connectivity index (χ2v) is 6.25.